The number of rotatable bonds is 5. The quantitative estimate of drug-likeness (QED) is 0.614. The molecule has 2 aromatic rings. The summed E-state index contributed by atoms with van der Waals surface area (Å²) in [6, 6.07) is 12.1. The average molecular weight is 384 g/mol. The van der Waals surface area contributed by atoms with E-state index in [1.54, 1.807) is 18.2 Å². The molecule has 0 aliphatic carbocycles. The van der Waals surface area contributed by atoms with Crippen LogP contribution in [-0.2, 0) is 4.79 Å². The minimum absolute atomic E-state index is 0.0112. The van der Waals surface area contributed by atoms with Crippen molar-refractivity contribution in [3.8, 4) is 11.5 Å². The van der Waals surface area contributed by atoms with Crippen LogP contribution in [0.1, 0.15) is 5.56 Å². The normalized spacial score (nSPS) is 10.6. The molecule has 114 valence electrons. The van der Waals surface area contributed by atoms with Crippen LogP contribution in [0.2, 0.25) is 5.02 Å². The second-order valence-corrected chi connectivity index (χ2v) is 5.51. The van der Waals surface area contributed by atoms with Crippen LogP contribution in [0, 0.1) is 0 Å². The van der Waals surface area contributed by atoms with Gasteiger partial charge in [-0.25, -0.2) is 5.43 Å². The Morgan fingerprint density at radius 3 is 2.82 bits per heavy atom. The molecule has 2 aromatic carbocycles. The number of ether oxygens (including phenoxy) is 1. The second-order valence-electron chi connectivity index (χ2n) is 4.22. The monoisotopic (exact) mass is 382 g/mol. The third-order valence-corrected chi connectivity index (χ3v) is 3.39. The molecule has 0 heterocycles. The number of nitrogens with one attached hydrogen (secondary N) is 1. The van der Waals surface area contributed by atoms with E-state index < -0.39 is 5.91 Å². The second kappa shape index (κ2) is 7.82. The smallest absolute Gasteiger partial charge is 0.277 e. The number of carbonyl (C=O) groups is 1. The van der Waals surface area contributed by atoms with Gasteiger partial charge in [0.1, 0.15) is 11.5 Å². The van der Waals surface area contributed by atoms with E-state index in [9.17, 15) is 9.90 Å². The number of nitrogens with zero attached hydrogens (tertiary/aromatic N) is 1. The van der Waals surface area contributed by atoms with Crippen LogP contribution in [0.25, 0.3) is 0 Å². The Labute approximate surface area is 140 Å². The number of hydrazone groups is 1. The summed E-state index contributed by atoms with van der Waals surface area (Å²) in [6.07, 6.45) is 1.30. The van der Waals surface area contributed by atoms with Crippen LogP contribution in [0.15, 0.2) is 52.0 Å². The molecule has 0 aliphatic heterocycles. The lowest BCUT2D eigenvalue weighted by Crippen LogP contribution is -2.24. The highest BCUT2D eigenvalue weighted by molar-refractivity contribution is 9.10. The van der Waals surface area contributed by atoms with E-state index in [2.05, 4.69) is 26.5 Å². The molecule has 22 heavy (non-hydrogen) atoms. The highest BCUT2D eigenvalue weighted by atomic mass is 79.9. The maximum Gasteiger partial charge on any atom is 0.277 e. The van der Waals surface area contributed by atoms with Crippen LogP contribution in [0.4, 0.5) is 0 Å². The first-order chi connectivity index (χ1) is 10.6. The van der Waals surface area contributed by atoms with Gasteiger partial charge < -0.3 is 9.84 Å². The van der Waals surface area contributed by atoms with Crippen LogP contribution in [0.5, 0.6) is 11.5 Å². The minimum Gasteiger partial charge on any atom is -0.506 e. The number of phenols is 1. The van der Waals surface area contributed by atoms with E-state index in [0.717, 1.165) is 0 Å². The first kappa shape index (κ1) is 16.3. The highest BCUT2D eigenvalue weighted by Crippen LogP contribution is 2.30. The zero-order chi connectivity index (χ0) is 15.9. The van der Waals surface area contributed by atoms with E-state index in [0.29, 0.717) is 20.8 Å². The molecule has 0 bridgehead atoms. The molecule has 0 atom stereocenters. The van der Waals surface area contributed by atoms with Crippen LogP contribution < -0.4 is 10.2 Å². The maximum absolute atomic E-state index is 11.6. The molecular weight excluding hydrogens is 372 g/mol. The summed E-state index contributed by atoms with van der Waals surface area (Å²) in [5.41, 5.74) is 2.68. The van der Waals surface area contributed by atoms with Crippen molar-refractivity contribution >= 4 is 39.7 Å². The lowest BCUT2D eigenvalue weighted by atomic mass is 10.2. The van der Waals surface area contributed by atoms with Gasteiger partial charge in [-0.1, -0.05) is 29.8 Å². The molecule has 2 N–H and O–H groups in total. The van der Waals surface area contributed by atoms with Gasteiger partial charge >= 0.3 is 0 Å². The van der Waals surface area contributed by atoms with Crippen molar-refractivity contribution in [1.82, 2.24) is 5.43 Å². The molecule has 0 spiro atoms. The Bertz CT molecular complexity index is 693. The van der Waals surface area contributed by atoms with Crippen LogP contribution in [-0.4, -0.2) is 23.8 Å². The van der Waals surface area contributed by atoms with Gasteiger partial charge in [-0.2, -0.15) is 5.10 Å². The summed E-state index contributed by atoms with van der Waals surface area (Å²) in [5, 5.41) is 14.0. The predicted molar refractivity (Wildman–Crippen MR) is 88.5 cm³/mol. The molecule has 2 rings (SSSR count). The zero-order valence-electron chi connectivity index (χ0n) is 11.3. The number of hydrogen-bond donors (Lipinski definition) is 2. The van der Waals surface area contributed by atoms with Gasteiger partial charge in [0.25, 0.3) is 5.91 Å². The van der Waals surface area contributed by atoms with Crippen LogP contribution in [0.3, 0.4) is 0 Å². The summed E-state index contributed by atoms with van der Waals surface area (Å²) in [5.74, 6) is 0.168. The molecule has 0 fully saturated rings. The van der Waals surface area contributed by atoms with E-state index in [1.165, 1.54) is 12.3 Å². The summed E-state index contributed by atoms with van der Waals surface area (Å²) < 4.78 is 5.71. The number of para-hydroxylation sites is 1. The molecule has 0 aromatic heterocycles. The molecule has 0 aliphatic rings. The lowest BCUT2D eigenvalue weighted by molar-refractivity contribution is -0.123. The third kappa shape index (κ3) is 4.75. The molecule has 0 saturated carbocycles. The Balaban J connectivity index is 1.88. The summed E-state index contributed by atoms with van der Waals surface area (Å²) in [7, 11) is 0. The lowest BCUT2D eigenvalue weighted by Gasteiger charge is -2.05. The van der Waals surface area contributed by atoms with E-state index in [1.807, 2.05) is 18.2 Å². The first-order valence-electron chi connectivity index (χ1n) is 6.24. The molecule has 0 unspecified atom stereocenters. The van der Waals surface area contributed by atoms with Crippen molar-refractivity contribution in [2.75, 3.05) is 6.61 Å². The number of phenolic OH excluding ortho intramolecular Hbond substituents is 1. The van der Waals surface area contributed by atoms with Gasteiger partial charge in [0, 0.05) is 10.6 Å². The fourth-order valence-corrected chi connectivity index (χ4v) is 2.39. The number of benzene rings is 2. The van der Waals surface area contributed by atoms with Gasteiger partial charge in [0.05, 0.1) is 10.7 Å². The molecule has 0 radical (unpaired) electrons. The molecular formula is C15H12BrClN2O3. The highest BCUT2D eigenvalue weighted by Gasteiger charge is 2.06. The van der Waals surface area contributed by atoms with Crippen molar-refractivity contribution < 1.29 is 14.6 Å². The van der Waals surface area contributed by atoms with Crippen molar-refractivity contribution in [2.24, 2.45) is 5.10 Å². The Morgan fingerprint density at radius 1 is 1.36 bits per heavy atom. The fourth-order valence-electron chi connectivity index (χ4n) is 1.56. The van der Waals surface area contributed by atoms with Gasteiger partial charge in [-0.3, -0.25) is 4.79 Å². The maximum atomic E-state index is 11.6. The summed E-state index contributed by atoms with van der Waals surface area (Å²) in [4.78, 5) is 11.6. The van der Waals surface area contributed by atoms with Crippen LogP contribution >= 0.6 is 27.5 Å². The first-order valence-corrected chi connectivity index (χ1v) is 7.41. The Hall–Kier alpha value is -2.05. The summed E-state index contributed by atoms with van der Waals surface area (Å²) in [6.45, 7) is -0.160. The number of aromatic hydroxyl groups is 1. The third-order valence-electron chi connectivity index (χ3n) is 2.56. The molecule has 7 heteroatoms. The Kier molecular flexibility index (Phi) is 5.80. The zero-order valence-corrected chi connectivity index (χ0v) is 13.6. The minimum atomic E-state index is -0.416. The van der Waals surface area contributed by atoms with Crippen molar-refractivity contribution in [3.63, 3.8) is 0 Å². The van der Waals surface area contributed by atoms with Crippen molar-refractivity contribution in [3.05, 3.63) is 57.5 Å². The summed E-state index contributed by atoms with van der Waals surface area (Å²) >= 11 is 9.04. The molecule has 0 saturated heterocycles. The number of carbonyl (C=O) groups excluding carboxylic acids is 1. The SMILES string of the molecule is O=C(COc1ccccc1)NN=Cc1cc(Cl)cc(Br)c1O. The van der Waals surface area contributed by atoms with E-state index in [-0.39, 0.29) is 12.4 Å². The van der Waals surface area contributed by atoms with Crippen molar-refractivity contribution in [2.45, 2.75) is 0 Å². The Morgan fingerprint density at radius 2 is 2.09 bits per heavy atom. The predicted octanol–water partition coefficient (Wildman–Crippen LogP) is 3.34. The molecule has 5 nitrogen and oxygen atoms in total. The van der Waals surface area contributed by atoms with E-state index >= 15 is 0 Å². The standard InChI is InChI=1S/C15H12BrClN2O3/c16-13-7-11(17)6-10(15(13)21)8-18-19-14(20)9-22-12-4-2-1-3-5-12/h1-8,21H,9H2,(H,19,20). The van der Waals surface area contributed by atoms with Gasteiger partial charge in [0.2, 0.25) is 0 Å². The average Bonchev–Trinajstić information content (AvgIpc) is 2.51. The van der Waals surface area contributed by atoms with E-state index in [4.69, 9.17) is 16.3 Å². The number of hydrogen-bond acceptors (Lipinski definition) is 4. The van der Waals surface area contributed by atoms with Crippen molar-refractivity contribution in [1.29, 1.82) is 0 Å². The number of amides is 1. The largest absolute Gasteiger partial charge is 0.506 e. The van der Waals surface area contributed by atoms with Gasteiger partial charge in [-0.05, 0) is 40.2 Å². The fraction of sp³-hybridized carbons (Fsp3) is 0.0667. The van der Waals surface area contributed by atoms with Gasteiger partial charge in [0.15, 0.2) is 6.61 Å². The number of halogens is 2. The topological polar surface area (TPSA) is 70.9 Å². The molecule has 1 amide bonds. The van der Waals surface area contributed by atoms with Gasteiger partial charge in [-0.15, -0.1) is 0 Å².